The summed E-state index contributed by atoms with van der Waals surface area (Å²) >= 11 is 0. The van der Waals surface area contributed by atoms with Gasteiger partial charge in [0.15, 0.2) is 0 Å². The molecular weight excluding hydrogens is 344 g/mol. The van der Waals surface area contributed by atoms with Crippen molar-refractivity contribution in [1.82, 2.24) is 5.32 Å². The molecule has 0 spiro atoms. The molecule has 0 aliphatic carbocycles. The number of carboxylic acids is 1. The number of aromatic carboxylic acids is 1. The first-order valence-corrected chi connectivity index (χ1v) is 9.02. The zero-order chi connectivity index (χ0) is 19.2. The lowest BCUT2D eigenvalue weighted by molar-refractivity contribution is -0.121. The number of fused-ring (bicyclic) bond motifs is 1. The minimum Gasteiger partial charge on any atom is -0.478 e. The second kappa shape index (κ2) is 8.49. The topological polar surface area (TPSA) is 86.7 Å². The molecule has 1 aliphatic heterocycles. The van der Waals surface area contributed by atoms with Gasteiger partial charge in [0.2, 0.25) is 11.8 Å². The van der Waals surface area contributed by atoms with E-state index < -0.39 is 5.97 Å². The first-order chi connectivity index (χ1) is 13.0. The monoisotopic (exact) mass is 366 g/mol. The number of para-hydroxylation sites is 1. The van der Waals surface area contributed by atoms with Crippen LogP contribution in [0.1, 0.15) is 34.3 Å². The third-order valence-corrected chi connectivity index (χ3v) is 4.66. The molecule has 0 bridgehead atoms. The molecule has 140 valence electrons. The standard InChI is InChI=1S/C21H22N2O4/c24-19(22-12-10-15-4-3-6-17(14-15)21(26)27)11-13-23-18-7-2-1-5-16(18)8-9-20(23)25/h1-7,14H,8-13H2,(H,22,24)(H,26,27). The predicted molar refractivity (Wildman–Crippen MR) is 102 cm³/mol. The number of hydrogen-bond donors (Lipinski definition) is 2. The Balaban J connectivity index is 1.48. The maximum atomic E-state index is 12.2. The van der Waals surface area contributed by atoms with Gasteiger partial charge < -0.3 is 15.3 Å². The van der Waals surface area contributed by atoms with Gasteiger partial charge in [0, 0.05) is 31.6 Å². The van der Waals surface area contributed by atoms with Crippen LogP contribution < -0.4 is 10.2 Å². The maximum Gasteiger partial charge on any atom is 0.335 e. The molecule has 2 amide bonds. The molecule has 0 atom stereocenters. The third kappa shape index (κ3) is 4.73. The Morgan fingerprint density at radius 2 is 1.89 bits per heavy atom. The Kier molecular flexibility index (Phi) is 5.86. The zero-order valence-corrected chi connectivity index (χ0v) is 15.0. The lowest BCUT2D eigenvalue weighted by Gasteiger charge is -2.29. The van der Waals surface area contributed by atoms with Crippen LogP contribution in [0.5, 0.6) is 0 Å². The van der Waals surface area contributed by atoms with Crippen LogP contribution >= 0.6 is 0 Å². The number of hydrogen-bond acceptors (Lipinski definition) is 3. The van der Waals surface area contributed by atoms with Crippen molar-refractivity contribution in [3.05, 3.63) is 65.2 Å². The average molecular weight is 366 g/mol. The minimum atomic E-state index is -0.965. The highest BCUT2D eigenvalue weighted by atomic mass is 16.4. The molecule has 27 heavy (non-hydrogen) atoms. The van der Waals surface area contributed by atoms with Crippen molar-refractivity contribution >= 4 is 23.5 Å². The van der Waals surface area contributed by atoms with Gasteiger partial charge in [-0.3, -0.25) is 9.59 Å². The molecule has 0 radical (unpaired) electrons. The van der Waals surface area contributed by atoms with Crippen molar-refractivity contribution in [3.63, 3.8) is 0 Å². The fourth-order valence-corrected chi connectivity index (χ4v) is 3.25. The van der Waals surface area contributed by atoms with E-state index in [9.17, 15) is 14.4 Å². The second-order valence-electron chi connectivity index (χ2n) is 6.53. The Labute approximate surface area is 157 Å². The predicted octanol–water partition coefficient (Wildman–Crippen LogP) is 2.41. The minimum absolute atomic E-state index is 0.0481. The Bertz CT molecular complexity index is 863. The van der Waals surface area contributed by atoms with Crippen LogP contribution in [0, 0.1) is 0 Å². The molecule has 3 rings (SSSR count). The van der Waals surface area contributed by atoms with Crippen molar-refractivity contribution < 1.29 is 19.5 Å². The van der Waals surface area contributed by atoms with Crippen molar-refractivity contribution in [2.24, 2.45) is 0 Å². The van der Waals surface area contributed by atoms with Crippen molar-refractivity contribution in [2.45, 2.75) is 25.7 Å². The molecular formula is C21H22N2O4. The van der Waals surface area contributed by atoms with Gasteiger partial charge in [0.1, 0.15) is 0 Å². The number of nitrogens with one attached hydrogen (secondary N) is 1. The van der Waals surface area contributed by atoms with Gasteiger partial charge in [-0.2, -0.15) is 0 Å². The van der Waals surface area contributed by atoms with E-state index in [-0.39, 0.29) is 23.8 Å². The van der Waals surface area contributed by atoms with E-state index in [1.165, 1.54) is 6.07 Å². The summed E-state index contributed by atoms with van der Waals surface area (Å²) in [6.07, 6.45) is 2.00. The van der Waals surface area contributed by atoms with E-state index in [0.29, 0.717) is 25.9 Å². The molecule has 0 aromatic heterocycles. The number of nitrogens with zero attached hydrogens (tertiary/aromatic N) is 1. The van der Waals surface area contributed by atoms with Gasteiger partial charge in [-0.15, -0.1) is 0 Å². The van der Waals surface area contributed by atoms with Gasteiger partial charge in [-0.05, 0) is 42.2 Å². The summed E-state index contributed by atoms with van der Waals surface area (Å²) in [5.41, 5.74) is 3.12. The molecule has 0 saturated heterocycles. The van der Waals surface area contributed by atoms with Crippen molar-refractivity contribution in [1.29, 1.82) is 0 Å². The number of aryl methyl sites for hydroxylation is 1. The molecule has 2 aromatic rings. The third-order valence-electron chi connectivity index (χ3n) is 4.66. The summed E-state index contributed by atoms with van der Waals surface area (Å²) in [5, 5.41) is 11.8. The summed E-state index contributed by atoms with van der Waals surface area (Å²) in [7, 11) is 0. The highest BCUT2D eigenvalue weighted by molar-refractivity contribution is 5.97. The van der Waals surface area contributed by atoms with Gasteiger partial charge in [-0.1, -0.05) is 30.3 Å². The number of carboxylic acid groups (broad SMARTS) is 1. The average Bonchev–Trinajstić information content (AvgIpc) is 2.67. The van der Waals surface area contributed by atoms with E-state index in [0.717, 1.165) is 23.2 Å². The van der Waals surface area contributed by atoms with E-state index in [1.54, 1.807) is 17.0 Å². The Morgan fingerprint density at radius 3 is 2.70 bits per heavy atom. The fourth-order valence-electron chi connectivity index (χ4n) is 3.25. The first-order valence-electron chi connectivity index (χ1n) is 9.02. The summed E-state index contributed by atoms with van der Waals surface area (Å²) in [4.78, 5) is 37.0. The van der Waals surface area contributed by atoms with Gasteiger partial charge in [-0.25, -0.2) is 4.79 Å². The lowest BCUT2D eigenvalue weighted by atomic mass is 10.0. The second-order valence-corrected chi connectivity index (χ2v) is 6.53. The fraction of sp³-hybridized carbons (Fsp3) is 0.286. The molecule has 6 nitrogen and oxygen atoms in total. The van der Waals surface area contributed by atoms with Crippen molar-refractivity contribution in [3.8, 4) is 0 Å². The van der Waals surface area contributed by atoms with Crippen LogP contribution in [0.2, 0.25) is 0 Å². The van der Waals surface area contributed by atoms with Crippen LogP contribution in [0.3, 0.4) is 0 Å². The Hall–Kier alpha value is -3.15. The number of carbonyl (C=O) groups is 3. The van der Waals surface area contributed by atoms with Gasteiger partial charge in [0.05, 0.1) is 5.56 Å². The van der Waals surface area contributed by atoms with Crippen LogP contribution in [0.25, 0.3) is 0 Å². The van der Waals surface area contributed by atoms with E-state index in [4.69, 9.17) is 5.11 Å². The van der Waals surface area contributed by atoms with Crippen LogP contribution in [-0.4, -0.2) is 36.0 Å². The SMILES string of the molecule is O=C(CCN1C(=O)CCc2ccccc21)NCCc1cccc(C(=O)O)c1. The highest BCUT2D eigenvalue weighted by Crippen LogP contribution is 2.27. The maximum absolute atomic E-state index is 12.2. The van der Waals surface area contributed by atoms with Gasteiger partial charge in [0.25, 0.3) is 0 Å². The highest BCUT2D eigenvalue weighted by Gasteiger charge is 2.23. The van der Waals surface area contributed by atoms with E-state index in [2.05, 4.69) is 5.32 Å². The van der Waals surface area contributed by atoms with E-state index in [1.807, 2.05) is 30.3 Å². The van der Waals surface area contributed by atoms with E-state index >= 15 is 0 Å². The van der Waals surface area contributed by atoms with Crippen LogP contribution in [-0.2, 0) is 22.4 Å². The largest absolute Gasteiger partial charge is 0.478 e. The number of carbonyl (C=O) groups excluding carboxylic acids is 2. The summed E-state index contributed by atoms with van der Waals surface area (Å²) < 4.78 is 0. The molecule has 0 saturated carbocycles. The van der Waals surface area contributed by atoms with Crippen LogP contribution in [0.15, 0.2) is 48.5 Å². The first kappa shape index (κ1) is 18.6. The van der Waals surface area contributed by atoms with Crippen molar-refractivity contribution in [2.75, 3.05) is 18.0 Å². The number of anilines is 1. The molecule has 1 heterocycles. The molecule has 1 aliphatic rings. The number of benzene rings is 2. The molecule has 0 unspecified atom stereocenters. The summed E-state index contributed by atoms with van der Waals surface area (Å²) in [6.45, 7) is 0.780. The number of amides is 2. The smallest absolute Gasteiger partial charge is 0.335 e. The normalized spacial score (nSPS) is 13.2. The zero-order valence-electron chi connectivity index (χ0n) is 15.0. The summed E-state index contributed by atoms with van der Waals surface area (Å²) in [6, 6.07) is 14.5. The van der Waals surface area contributed by atoms with Crippen LogP contribution in [0.4, 0.5) is 5.69 Å². The molecule has 0 fully saturated rings. The quantitative estimate of drug-likeness (QED) is 0.788. The Morgan fingerprint density at radius 1 is 1.07 bits per heavy atom. The molecule has 2 aromatic carbocycles. The summed E-state index contributed by atoms with van der Waals surface area (Å²) in [5.74, 6) is -1.04. The van der Waals surface area contributed by atoms with Gasteiger partial charge >= 0.3 is 5.97 Å². The number of rotatable bonds is 7. The lowest BCUT2D eigenvalue weighted by Crippen LogP contribution is -2.38. The molecule has 2 N–H and O–H groups in total. The molecule has 6 heteroatoms.